The molecule has 1 fully saturated rings. The second-order valence-electron chi connectivity index (χ2n) is 7.99. The summed E-state index contributed by atoms with van der Waals surface area (Å²) in [7, 11) is 0. The molecule has 1 N–H and O–H groups in total. The topological polar surface area (TPSA) is 61.9 Å². The van der Waals surface area contributed by atoms with E-state index in [2.05, 4.69) is 29.0 Å². The second kappa shape index (κ2) is 9.00. The summed E-state index contributed by atoms with van der Waals surface area (Å²) in [6.07, 6.45) is 6.57. The van der Waals surface area contributed by atoms with E-state index in [4.69, 9.17) is 11.6 Å². The molecule has 1 unspecified atom stereocenters. The molecule has 1 aliphatic rings. The molecule has 1 amide bonds. The van der Waals surface area contributed by atoms with Crippen LogP contribution in [0.15, 0.2) is 48.8 Å². The molecule has 156 valence electrons. The second-order valence-corrected chi connectivity index (χ2v) is 8.42. The van der Waals surface area contributed by atoms with Crippen molar-refractivity contribution < 1.29 is 4.79 Å². The first kappa shape index (κ1) is 20.6. The van der Waals surface area contributed by atoms with Crippen molar-refractivity contribution in [2.45, 2.75) is 39.0 Å². The van der Waals surface area contributed by atoms with E-state index in [9.17, 15) is 4.79 Å². The third kappa shape index (κ3) is 4.41. The van der Waals surface area contributed by atoms with Crippen molar-refractivity contribution in [1.82, 2.24) is 20.1 Å². The molecular weight excluding hydrogens is 396 g/mol. The smallest absolute Gasteiger partial charge is 0.225 e. The molecule has 1 saturated carbocycles. The zero-order valence-corrected chi connectivity index (χ0v) is 18.2. The molecule has 4 rings (SSSR count). The first-order valence-electron chi connectivity index (χ1n) is 10.6. The van der Waals surface area contributed by atoms with Crippen molar-refractivity contribution >= 4 is 17.5 Å². The van der Waals surface area contributed by atoms with E-state index >= 15 is 0 Å². The Labute approximate surface area is 182 Å². The number of nitrogens with zero attached hydrogens (tertiary/aromatic N) is 3. The molecule has 0 aliphatic heterocycles. The lowest BCUT2D eigenvalue weighted by Gasteiger charge is -2.23. The van der Waals surface area contributed by atoms with Crippen LogP contribution in [0.2, 0.25) is 5.02 Å². The maximum absolute atomic E-state index is 12.5. The van der Waals surface area contributed by atoms with Gasteiger partial charge in [-0.05, 0) is 56.0 Å². The summed E-state index contributed by atoms with van der Waals surface area (Å²) in [4.78, 5) is 18.6. The fraction of sp³-hybridized carbons (Fsp3) is 0.375. The van der Waals surface area contributed by atoms with Crippen molar-refractivity contribution in [3.63, 3.8) is 0 Å². The van der Waals surface area contributed by atoms with Crippen molar-refractivity contribution in [3.05, 3.63) is 59.5 Å². The highest BCUT2D eigenvalue weighted by molar-refractivity contribution is 6.30. The zero-order chi connectivity index (χ0) is 21.1. The molecule has 1 aromatic carbocycles. The van der Waals surface area contributed by atoms with E-state index in [-0.39, 0.29) is 11.8 Å². The molecule has 0 bridgehead atoms. The summed E-state index contributed by atoms with van der Waals surface area (Å²) in [5, 5.41) is 8.65. The van der Waals surface area contributed by atoms with Gasteiger partial charge in [0.05, 0.1) is 0 Å². The zero-order valence-electron chi connectivity index (χ0n) is 17.4. The third-order valence-electron chi connectivity index (χ3n) is 5.83. The lowest BCUT2D eigenvalue weighted by atomic mass is 9.92. The summed E-state index contributed by atoms with van der Waals surface area (Å²) >= 11 is 6.08. The molecule has 0 spiro atoms. The number of amides is 1. The Morgan fingerprint density at radius 2 is 1.87 bits per heavy atom. The van der Waals surface area contributed by atoms with Crippen LogP contribution >= 0.6 is 11.6 Å². The first-order chi connectivity index (χ1) is 14.6. The SMILES string of the molecule is CCN(CCC(C)c1[nH]nc(-c2ccc(Cl)cc2)c1-c1ccncc1)C(=O)C1CC1. The molecule has 2 heterocycles. The van der Waals surface area contributed by atoms with Gasteiger partial charge in [-0.1, -0.05) is 30.7 Å². The van der Waals surface area contributed by atoms with Crippen molar-refractivity contribution in [2.24, 2.45) is 5.92 Å². The Morgan fingerprint density at radius 3 is 2.50 bits per heavy atom. The van der Waals surface area contributed by atoms with Crippen molar-refractivity contribution in [2.75, 3.05) is 13.1 Å². The van der Waals surface area contributed by atoms with Crippen LogP contribution in [0.25, 0.3) is 22.4 Å². The number of rotatable bonds is 8. The number of nitrogens with one attached hydrogen (secondary N) is 1. The van der Waals surface area contributed by atoms with Crippen LogP contribution in [0.1, 0.15) is 44.7 Å². The summed E-state index contributed by atoms with van der Waals surface area (Å²) in [5.74, 6) is 0.796. The van der Waals surface area contributed by atoms with E-state index in [0.29, 0.717) is 10.9 Å². The Hall–Kier alpha value is -2.66. The number of halogens is 1. The monoisotopic (exact) mass is 422 g/mol. The fourth-order valence-electron chi connectivity index (χ4n) is 3.85. The number of pyridine rings is 1. The van der Waals surface area contributed by atoms with Gasteiger partial charge in [0, 0.05) is 59.2 Å². The summed E-state index contributed by atoms with van der Waals surface area (Å²) in [5.41, 5.74) is 5.16. The van der Waals surface area contributed by atoms with Gasteiger partial charge in [0.15, 0.2) is 0 Å². The lowest BCUT2D eigenvalue weighted by molar-refractivity contribution is -0.132. The highest BCUT2D eigenvalue weighted by Gasteiger charge is 2.33. The Bertz CT molecular complexity index is 996. The number of carbonyl (C=O) groups is 1. The molecule has 1 aliphatic carbocycles. The van der Waals surface area contributed by atoms with Crippen molar-refractivity contribution in [3.8, 4) is 22.4 Å². The average Bonchev–Trinajstić information content (AvgIpc) is 3.53. The van der Waals surface area contributed by atoms with Crippen LogP contribution in [0, 0.1) is 5.92 Å². The molecule has 0 radical (unpaired) electrons. The first-order valence-corrected chi connectivity index (χ1v) is 11.0. The van der Waals surface area contributed by atoms with Crippen LogP contribution < -0.4 is 0 Å². The van der Waals surface area contributed by atoms with Crippen LogP contribution in [-0.2, 0) is 4.79 Å². The molecular formula is C24H27ClN4O. The molecule has 1 atom stereocenters. The van der Waals surface area contributed by atoms with Gasteiger partial charge < -0.3 is 4.90 Å². The predicted octanol–water partition coefficient (Wildman–Crippen LogP) is 5.54. The third-order valence-corrected chi connectivity index (χ3v) is 6.08. The number of carbonyl (C=O) groups excluding carboxylic acids is 1. The molecule has 30 heavy (non-hydrogen) atoms. The predicted molar refractivity (Wildman–Crippen MR) is 120 cm³/mol. The Kier molecular flexibility index (Phi) is 6.18. The standard InChI is InChI=1S/C24H27ClN4O/c1-3-29(24(30)19-4-5-19)15-12-16(2)22-21(17-10-13-26-14-11-17)23(28-27-22)18-6-8-20(25)9-7-18/h6-11,13-14,16,19H,3-5,12,15H2,1-2H3,(H,27,28). The number of H-pyrrole nitrogens is 1. The molecule has 5 nitrogen and oxygen atoms in total. The number of hydrogen-bond donors (Lipinski definition) is 1. The van der Waals surface area contributed by atoms with Gasteiger partial charge in [-0.3, -0.25) is 14.9 Å². The summed E-state index contributed by atoms with van der Waals surface area (Å²) < 4.78 is 0. The minimum Gasteiger partial charge on any atom is -0.343 e. The van der Waals surface area contributed by atoms with Gasteiger partial charge >= 0.3 is 0 Å². The Morgan fingerprint density at radius 1 is 1.17 bits per heavy atom. The number of benzene rings is 1. The van der Waals surface area contributed by atoms with Gasteiger partial charge in [0.2, 0.25) is 5.91 Å². The minimum atomic E-state index is 0.225. The lowest BCUT2D eigenvalue weighted by Crippen LogP contribution is -2.33. The maximum Gasteiger partial charge on any atom is 0.225 e. The Balaban J connectivity index is 1.62. The largest absolute Gasteiger partial charge is 0.343 e. The van der Waals surface area contributed by atoms with E-state index in [1.807, 2.05) is 41.3 Å². The van der Waals surface area contributed by atoms with Crippen LogP contribution in [0.5, 0.6) is 0 Å². The van der Waals surface area contributed by atoms with E-state index in [1.54, 1.807) is 12.4 Å². The number of hydrogen-bond acceptors (Lipinski definition) is 3. The highest BCUT2D eigenvalue weighted by Crippen LogP contribution is 2.38. The van der Waals surface area contributed by atoms with Crippen molar-refractivity contribution in [1.29, 1.82) is 0 Å². The van der Waals surface area contributed by atoms with Crippen LogP contribution in [0.3, 0.4) is 0 Å². The maximum atomic E-state index is 12.5. The van der Waals surface area contributed by atoms with Crippen LogP contribution in [-0.4, -0.2) is 39.1 Å². The number of aromatic amines is 1. The quantitative estimate of drug-likeness (QED) is 0.518. The van der Waals surface area contributed by atoms with Gasteiger partial charge in [-0.25, -0.2) is 0 Å². The van der Waals surface area contributed by atoms with Gasteiger partial charge in [-0.2, -0.15) is 5.10 Å². The van der Waals surface area contributed by atoms with E-state index < -0.39 is 0 Å². The van der Waals surface area contributed by atoms with Crippen LogP contribution in [0.4, 0.5) is 0 Å². The van der Waals surface area contributed by atoms with Gasteiger partial charge in [0.25, 0.3) is 0 Å². The van der Waals surface area contributed by atoms with E-state index in [1.165, 1.54) is 0 Å². The normalized spacial score (nSPS) is 14.5. The highest BCUT2D eigenvalue weighted by atomic mass is 35.5. The minimum absolute atomic E-state index is 0.225. The fourth-order valence-corrected chi connectivity index (χ4v) is 3.97. The van der Waals surface area contributed by atoms with Gasteiger partial charge in [-0.15, -0.1) is 0 Å². The average molecular weight is 423 g/mol. The molecule has 0 saturated heterocycles. The molecule has 2 aromatic heterocycles. The molecule has 6 heteroatoms. The van der Waals surface area contributed by atoms with Gasteiger partial charge in [0.1, 0.15) is 5.69 Å². The summed E-state index contributed by atoms with van der Waals surface area (Å²) in [6.45, 7) is 5.78. The summed E-state index contributed by atoms with van der Waals surface area (Å²) in [6, 6.07) is 11.8. The molecule has 3 aromatic rings. The number of aromatic nitrogens is 3. The van der Waals surface area contributed by atoms with E-state index in [0.717, 1.165) is 60.4 Å².